The topological polar surface area (TPSA) is 3.24 Å². The van der Waals surface area contributed by atoms with Crippen LogP contribution in [0.15, 0.2) is 30.3 Å². The Morgan fingerprint density at radius 2 is 1.50 bits per heavy atom. The highest BCUT2D eigenvalue weighted by Gasteiger charge is 1.98. The molecular weight excluding hydrogens is 194 g/mol. The summed E-state index contributed by atoms with van der Waals surface area (Å²) < 4.78 is 0. The SMILES string of the molecule is CCC(C)c1ccccc1.CCN(C)CC. The predicted molar refractivity (Wildman–Crippen MR) is 74.0 cm³/mol. The quantitative estimate of drug-likeness (QED) is 0.738. The molecule has 0 spiro atoms. The lowest BCUT2D eigenvalue weighted by molar-refractivity contribution is 0.373. The molecule has 0 amide bonds. The van der Waals surface area contributed by atoms with Crippen LogP contribution in [0.5, 0.6) is 0 Å². The molecule has 16 heavy (non-hydrogen) atoms. The molecule has 1 aromatic rings. The fraction of sp³-hybridized carbons (Fsp3) is 0.600. The van der Waals surface area contributed by atoms with Gasteiger partial charge >= 0.3 is 0 Å². The summed E-state index contributed by atoms with van der Waals surface area (Å²) in [4.78, 5) is 2.25. The van der Waals surface area contributed by atoms with Gasteiger partial charge in [-0.1, -0.05) is 58.0 Å². The number of hydrogen-bond acceptors (Lipinski definition) is 1. The molecule has 0 saturated heterocycles. The minimum absolute atomic E-state index is 0.709. The van der Waals surface area contributed by atoms with E-state index in [0.29, 0.717) is 5.92 Å². The highest BCUT2D eigenvalue weighted by atomic mass is 15.1. The lowest BCUT2D eigenvalue weighted by atomic mass is 9.99. The maximum Gasteiger partial charge on any atom is -0.00504 e. The van der Waals surface area contributed by atoms with Gasteiger partial charge in [0.2, 0.25) is 0 Å². The Labute approximate surface area is 101 Å². The zero-order chi connectivity index (χ0) is 12.4. The van der Waals surface area contributed by atoms with Crippen LogP contribution in [0.25, 0.3) is 0 Å². The Balaban J connectivity index is 0.000000325. The fourth-order valence-electron chi connectivity index (χ4n) is 1.24. The Kier molecular flexibility index (Phi) is 8.93. The van der Waals surface area contributed by atoms with E-state index in [1.165, 1.54) is 12.0 Å². The van der Waals surface area contributed by atoms with Gasteiger partial charge in [-0.15, -0.1) is 0 Å². The van der Waals surface area contributed by atoms with Gasteiger partial charge in [-0.3, -0.25) is 0 Å². The van der Waals surface area contributed by atoms with E-state index in [1.54, 1.807) is 0 Å². The Morgan fingerprint density at radius 3 is 1.81 bits per heavy atom. The van der Waals surface area contributed by atoms with Crippen molar-refractivity contribution in [3.8, 4) is 0 Å². The van der Waals surface area contributed by atoms with Crippen molar-refractivity contribution in [1.82, 2.24) is 4.90 Å². The first-order valence-corrected chi connectivity index (χ1v) is 6.39. The largest absolute Gasteiger partial charge is 0.307 e. The van der Waals surface area contributed by atoms with Crippen molar-refractivity contribution in [1.29, 1.82) is 0 Å². The van der Waals surface area contributed by atoms with Gasteiger partial charge in [0, 0.05) is 0 Å². The highest BCUT2D eigenvalue weighted by Crippen LogP contribution is 2.16. The number of benzene rings is 1. The lowest BCUT2D eigenvalue weighted by Gasteiger charge is -2.07. The van der Waals surface area contributed by atoms with Crippen LogP contribution in [0.3, 0.4) is 0 Å². The van der Waals surface area contributed by atoms with E-state index >= 15 is 0 Å². The second kappa shape index (κ2) is 9.41. The summed E-state index contributed by atoms with van der Waals surface area (Å²) in [5.74, 6) is 0.709. The first-order chi connectivity index (χ1) is 7.65. The molecule has 92 valence electrons. The van der Waals surface area contributed by atoms with Crippen molar-refractivity contribution in [2.24, 2.45) is 0 Å². The summed E-state index contributed by atoms with van der Waals surface area (Å²) >= 11 is 0. The summed E-state index contributed by atoms with van der Waals surface area (Å²) in [5.41, 5.74) is 1.45. The van der Waals surface area contributed by atoms with Crippen molar-refractivity contribution in [2.75, 3.05) is 20.1 Å². The maximum atomic E-state index is 2.26. The average molecular weight is 221 g/mol. The first-order valence-electron chi connectivity index (χ1n) is 6.39. The molecule has 0 fully saturated rings. The van der Waals surface area contributed by atoms with Crippen LogP contribution < -0.4 is 0 Å². The van der Waals surface area contributed by atoms with E-state index < -0.39 is 0 Å². The van der Waals surface area contributed by atoms with Gasteiger partial charge in [0.15, 0.2) is 0 Å². The van der Waals surface area contributed by atoms with Crippen molar-refractivity contribution in [2.45, 2.75) is 40.0 Å². The van der Waals surface area contributed by atoms with E-state index in [-0.39, 0.29) is 0 Å². The van der Waals surface area contributed by atoms with Gasteiger partial charge in [-0.2, -0.15) is 0 Å². The molecule has 1 nitrogen and oxygen atoms in total. The zero-order valence-corrected chi connectivity index (χ0v) is 11.5. The van der Waals surface area contributed by atoms with Crippen LogP contribution in [0, 0.1) is 0 Å². The van der Waals surface area contributed by atoms with Gasteiger partial charge < -0.3 is 4.90 Å². The standard InChI is InChI=1S/C10H14.C5H13N/c1-3-9(2)10-7-5-4-6-8-10;1-4-6(3)5-2/h4-9H,3H2,1-2H3;4-5H2,1-3H3. The van der Waals surface area contributed by atoms with Crippen molar-refractivity contribution >= 4 is 0 Å². The molecule has 0 saturated carbocycles. The molecule has 0 bridgehead atoms. The Morgan fingerprint density at radius 1 is 1.00 bits per heavy atom. The monoisotopic (exact) mass is 221 g/mol. The minimum Gasteiger partial charge on any atom is -0.307 e. The molecular formula is C15H27N. The Bertz CT molecular complexity index is 239. The van der Waals surface area contributed by atoms with Crippen molar-refractivity contribution in [3.63, 3.8) is 0 Å². The summed E-state index contributed by atoms with van der Waals surface area (Å²) in [7, 11) is 2.11. The molecule has 0 aliphatic carbocycles. The molecule has 1 aromatic carbocycles. The number of nitrogens with zero attached hydrogens (tertiary/aromatic N) is 1. The summed E-state index contributed by atoms with van der Waals surface area (Å²) in [6.07, 6.45) is 1.23. The predicted octanol–water partition coefficient (Wildman–Crippen LogP) is 4.16. The van der Waals surface area contributed by atoms with Crippen LogP contribution in [0.4, 0.5) is 0 Å². The van der Waals surface area contributed by atoms with E-state index in [1.807, 2.05) is 0 Å². The van der Waals surface area contributed by atoms with Gasteiger partial charge in [0.1, 0.15) is 0 Å². The molecule has 0 radical (unpaired) electrons. The van der Waals surface area contributed by atoms with E-state index in [9.17, 15) is 0 Å². The molecule has 1 rings (SSSR count). The molecule has 1 unspecified atom stereocenters. The van der Waals surface area contributed by atoms with Gasteiger partial charge in [-0.05, 0) is 38.0 Å². The van der Waals surface area contributed by atoms with Gasteiger partial charge in [0.05, 0.1) is 0 Å². The van der Waals surface area contributed by atoms with Crippen molar-refractivity contribution in [3.05, 3.63) is 35.9 Å². The normalized spacial score (nSPS) is 11.9. The van der Waals surface area contributed by atoms with Crippen LogP contribution >= 0.6 is 0 Å². The summed E-state index contributed by atoms with van der Waals surface area (Å²) in [6.45, 7) is 11.1. The molecule has 0 heterocycles. The second-order valence-corrected chi connectivity index (χ2v) is 4.21. The number of hydrogen-bond donors (Lipinski definition) is 0. The van der Waals surface area contributed by atoms with E-state index in [4.69, 9.17) is 0 Å². The highest BCUT2D eigenvalue weighted by molar-refractivity contribution is 5.18. The van der Waals surface area contributed by atoms with Crippen LogP contribution in [-0.4, -0.2) is 25.0 Å². The molecule has 0 aliphatic heterocycles. The van der Waals surface area contributed by atoms with Crippen molar-refractivity contribution < 1.29 is 0 Å². The summed E-state index contributed by atoms with van der Waals surface area (Å²) in [6, 6.07) is 10.6. The van der Waals surface area contributed by atoms with E-state index in [2.05, 4.69) is 70.0 Å². The molecule has 1 atom stereocenters. The Hall–Kier alpha value is -0.820. The number of rotatable bonds is 4. The van der Waals surface area contributed by atoms with Crippen LogP contribution in [-0.2, 0) is 0 Å². The third kappa shape index (κ3) is 6.62. The zero-order valence-electron chi connectivity index (χ0n) is 11.5. The smallest absolute Gasteiger partial charge is 0.00504 e. The summed E-state index contributed by atoms with van der Waals surface area (Å²) in [5, 5.41) is 0. The van der Waals surface area contributed by atoms with Gasteiger partial charge in [-0.25, -0.2) is 0 Å². The third-order valence-electron chi connectivity index (χ3n) is 3.06. The maximum absolute atomic E-state index is 2.26. The molecule has 0 aliphatic rings. The molecule has 1 heteroatoms. The third-order valence-corrected chi connectivity index (χ3v) is 3.06. The first kappa shape index (κ1) is 15.2. The molecule has 0 N–H and O–H groups in total. The van der Waals surface area contributed by atoms with E-state index in [0.717, 1.165) is 13.1 Å². The average Bonchev–Trinajstić information content (AvgIpc) is 2.38. The van der Waals surface area contributed by atoms with Gasteiger partial charge in [0.25, 0.3) is 0 Å². The van der Waals surface area contributed by atoms with Crippen LogP contribution in [0.1, 0.15) is 45.6 Å². The second-order valence-electron chi connectivity index (χ2n) is 4.21. The lowest BCUT2D eigenvalue weighted by Crippen LogP contribution is -2.15. The van der Waals surface area contributed by atoms with Crippen LogP contribution in [0.2, 0.25) is 0 Å². The fourth-order valence-corrected chi connectivity index (χ4v) is 1.24. The minimum atomic E-state index is 0.709. The molecule has 0 aromatic heterocycles.